The van der Waals surface area contributed by atoms with E-state index in [0.29, 0.717) is 49.6 Å². The summed E-state index contributed by atoms with van der Waals surface area (Å²) in [5.41, 5.74) is 8.93. The van der Waals surface area contributed by atoms with Crippen LogP contribution in [0.25, 0.3) is 33.5 Å². The number of hydrogen-bond donors (Lipinski definition) is 6. The average Bonchev–Trinajstić information content (AvgIpc) is 4.03. The number of likely N-dealkylation sites (tertiary alicyclic amines) is 2. The number of aromatic nitrogens is 6. The van der Waals surface area contributed by atoms with Gasteiger partial charge in [0.05, 0.1) is 100 Å². The molecule has 6 N–H and O–H groups in total. The SMILES string of the molecule is COc1cc([C@@H]2CCN(CCO)C[C@@H]2O)ccc1Nc1ncc2ccc(-c3ccccc3OC)n2n1.COc1cc([C@H]2CCN(CCO)C[C@H]2O)ccc1Nc1ncc2ccc(-c3ccccc3OC)n2n1. The molecule has 8 aromatic rings. The lowest BCUT2D eigenvalue weighted by Crippen LogP contribution is -2.43. The molecule has 6 heterocycles. The minimum Gasteiger partial charge on any atom is -0.496 e. The zero-order chi connectivity index (χ0) is 50.1. The van der Waals surface area contributed by atoms with Crippen LogP contribution in [-0.4, -0.2) is 153 Å². The van der Waals surface area contributed by atoms with Gasteiger partial charge in [-0.15, -0.1) is 10.2 Å². The van der Waals surface area contributed by atoms with Crippen molar-refractivity contribution < 1.29 is 39.4 Å². The summed E-state index contributed by atoms with van der Waals surface area (Å²) in [6.07, 6.45) is 4.17. The number of ether oxygens (including phenoxy) is 4. The summed E-state index contributed by atoms with van der Waals surface area (Å²) in [4.78, 5) is 13.1. The van der Waals surface area contributed by atoms with E-state index in [0.717, 1.165) is 93.5 Å². The van der Waals surface area contributed by atoms with Crippen molar-refractivity contribution in [2.45, 2.75) is 36.9 Å². The minimum absolute atomic E-state index is 0.0128. The van der Waals surface area contributed by atoms with E-state index in [1.807, 2.05) is 118 Å². The number of para-hydroxylation sites is 2. The summed E-state index contributed by atoms with van der Waals surface area (Å²) in [7, 11) is 6.56. The highest BCUT2D eigenvalue weighted by atomic mass is 16.5. The van der Waals surface area contributed by atoms with Gasteiger partial charge in [0.15, 0.2) is 0 Å². The summed E-state index contributed by atoms with van der Waals surface area (Å²) < 4.78 is 26.1. The van der Waals surface area contributed by atoms with Gasteiger partial charge in [-0.2, -0.15) is 0 Å². The number of β-amino-alcohol motifs (C(OH)–C–C–N with tert-alkyl or cyclic N) is 4. The third-order valence-corrected chi connectivity index (χ3v) is 13.5. The van der Waals surface area contributed by atoms with Crippen LogP contribution in [0.2, 0.25) is 0 Å². The molecule has 0 bridgehead atoms. The van der Waals surface area contributed by atoms with Gasteiger partial charge in [0.25, 0.3) is 0 Å². The fourth-order valence-electron chi connectivity index (χ4n) is 9.82. The Morgan fingerprint density at radius 2 is 0.944 bits per heavy atom. The standard InChI is InChI=1S/2C27H31N5O4/c2*1-35-25-6-4-3-5-21(25)23-10-8-19-16-28-27(30-32(19)23)29-22-9-7-18(15-26(22)36-2)20-11-12-31(13-14-33)17-24(20)34/h2*3-10,15-16,20,24,33-34H,11-14,17H2,1-2H3,(H,29,30)/t2*20-,24-/m10/s1. The van der Waals surface area contributed by atoms with Crippen molar-refractivity contribution in [3.05, 3.63) is 133 Å². The van der Waals surface area contributed by atoms with Gasteiger partial charge in [-0.3, -0.25) is 9.80 Å². The first-order chi connectivity index (χ1) is 35.2. The van der Waals surface area contributed by atoms with Gasteiger partial charge >= 0.3 is 0 Å². The molecule has 18 nitrogen and oxygen atoms in total. The highest BCUT2D eigenvalue weighted by molar-refractivity contribution is 5.74. The minimum atomic E-state index is -0.498. The molecule has 2 aliphatic heterocycles. The Bertz CT molecular complexity index is 2890. The monoisotopic (exact) mass is 978 g/mol. The van der Waals surface area contributed by atoms with E-state index < -0.39 is 12.2 Å². The number of methoxy groups -OCH3 is 4. The van der Waals surface area contributed by atoms with E-state index in [-0.39, 0.29) is 25.0 Å². The molecule has 4 aromatic heterocycles. The molecule has 0 amide bonds. The number of aliphatic hydroxyl groups is 4. The number of fused-ring (bicyclic) bond motifs is 2. The molecule has 2 saturated heterocycles. The van der Waals surface area contributed by atoms with Crippen molar-refractivity contribution in [2.24, 2.45) is 0 Å². The Morgan fingerprint density at radius 3 is 1.33 bits per heavy atom. The number of anilines is 4. The molecule has 0 aliphatic carbocycles. The van der Waals surface area contributed by atoms with E-state index in [2.05, 4.69) is 30.4 Å². The first-order valence-electron chi connectivity index (χ1n) is 24.1. The van der Waals surface area contributed by atoms with Crippen molar-refractivity contribution in [1.82, 2.24) is 39.0 Å². The summed E-state index contributed by atoms with van der Waals surface area (Å²) >= 11 is 0. The van der Waals surface area contributed by atoms with Crippen molar-refractivity contribution >= 4 is 34.3 Å². The Hall–Kier alpha value is -7.32. The van der Waals surface area contributed by atoms with Crippen LogP contribution >= 0.6 is 0 Å². The van der Waals surface area contributed by atoms with E-state index in [1.54, 1.807) is 40.8 Å². The zero-order valence-electron chi connectivity index (χ0n) is 40.9. The largest absolute Gasteiger partial charge is 0.496 e. The molecule has 4 aromatic carbocycles. The van der Waals surface area contributed by atoms with Crippen molar-refractivity contribution in [3.8, 4) is 45.5 Å². The van der Waals surface area contributed by atoms with E-state index in [4.69, 9.17) is 29.1 Å². The van der Waals surface area contributed by atoms with Gasteiger partial charge in [0, 0.05) is 49.1 Å². The Labute approximate surface area is 418 Å². The number of nitrogens with zero attached hydrogens (tertiary/aromatic N) is 8. The topological polar surface area (TPSA) is 209 Å². The summed E-state index contributed by atoms with van der Waals surface area (Å²) in [5.74, 6) is 3.73. The maximum absolute atomic E-state index is 10.7. The zero-order valence-corrected chi connectivity index (χ0v) is 40.9. The molecule has 376 valence electrons. The third kappa shape index (κ3) is 10.8. The second-order valence-electron chi connectivity index (χ2n) is 17.8. The van der Waals surface area contributed by atoms with E-state index in [9.17, 15) is 20.4 Å². The lowest BCUT2D eigenvalue weighted by atomic mass is 9.87. The predicted molar refractivity (Wildman–Crippen MR) is 276 cm³/mol. The van der Waals surface area contributed by atoms with Crippen LogP contribution in [0.1, 0.15) is 35.8 Å². The molecule has 2 fully saturated rings. The van der Waals surface area contributed by atoms with Crippen molar-refractivity contribution in [1.29, 1.82) is 0 Å². The highest BCUT2D eigenvalue weighted by Crippen LogP contribution is 2.38. The van der Waals surface area contributed by atoms with Crippen LogP contribution in [0.4, 0.5) is 23.3 Å². The Morgan fingerprint density at radius 1 is 0.528 bits per heavy atom. The quantitative estimate of drug-likeness (QED) is 0.0603. The van der Waals surface area contributed by atoms with Crippen LogP contribution < -0.4 is 29.6 Å². The lowest BCUT2D eigenvalue weighted by Gasteiger charge is -2.36. The first kappa shape index (κ1) is 49.7. The van der Waals surface area contributed by atoms with Crippen LogP contribution in [0.15, 0.2) is 122 Å². The number of rotatable bonds is 16. The normalized spacial score (nSPS) is 18.3. The van der Waals surface area contributed by atoms with Gasteiger partial charge in [0.2, 0.25) is 11.9 Å². The van der Waals surface area contributed by atoms with Crippen LogP contribution in [0.5, 0.6) is 23.0 Å². The maximum Gasteiger partial charge on any atom is 0.245 e. The second kappa shape index (κ2) is 22.8. The molecule has 4 atom stereocenters. The Balaban J connectivity index is 0.000000178. The van der Waals surface area contributed by atoms with Crippen molar-refractivity contribution in [2.75, 3.05) is 91.6 Å². The molecule has 0 saturated carbocycles. The molecular weight excluding hydrogens is 917 g/mol. The first-order valence-corrected chi connectivity index (χ1v) is 24.1. The fraction of sp³-hybridized carbons (Fsp3) is 0.333. The highest BCUT2D eigenvalue weighted by Gasteiger charge is 2.31. The summed E-state index contributed by atoms with van der Waals surface area (Å²) in [5, 5.41) is 55.8. The fourth-order valence-corrected chi connectivity index (χ4v) is 9.82. The Kier molecular flexibility index (Phi) is 15.7. The molecular formula is C54H62N10O8. The van der Waals surface area contributed by atoms with Gasteiger partial charge < -0.3 is 50.0 Å². The number of benzene rings is 4. The molecule has 18 heteroatoms. The molecule has 72 heavy (non-hydrogen) atoms. The molecule has 2 aliphatic rings. The van der Waals surface area contributed by atoms with Crippen LogP contribution in [-0.2, 0) is 0 Å². The van der Waals surface area contributed by atoms with E-state index in [1.165, 1.54) is 0 Å². The van der Waals surface area contributed by atoms with Gasteiger partial charge in [-0.25, -0.2) is 19.0 Å². The van der Waals surface area contributed by atoms with E-state index >= 15 is 0 Å². The summed E-state index contributed by atoms with van der Waals surface area (Å²) in [6, 6.07) is 35.4. The lowest BCUT2D eigenvalue weighted by molar-refractivity contribution is 0.0432. The molecule has 0 spiro atoms. The predicted octanol–water partition coefficient (Wildman–Crippen LogP) is 6.60. The van der Waals surface area contributed by atoms with Gasteiger partial charge in [0.1, 0.15) is 23.0 Å². The average molecular weight is 979 g/mol. The van der Waals surface area contributed by atoms with Crippen LogP contribution in [0, 0.1) is 0 Å². The number of piperidine rings is 2. The van der Waals surface area contributed by atoms with Gasteiger partial charge in [-0.1, -0.05) is 36.4 Å². The van der Waals surface area contributed by atoms with Crippen LogP contribution in [0.3, 0.4) is 0 Å². The smallest absolute Gasteiger partial charge is 0.245 e. The molecule has 0 radical (unpaired) electrons. The third-order valence-electron chi connectivity index (χ3n) is 13.5. The maximum atomic E-state index is 10.7. The second-order valence-corrected chi connectivity index (χ2v) is 17.8. The summed E-state index contributed by atoms with van der Waals surface area (Å²) in [6.45, 7) is 4.14. The molecule has 10 rings (SSSR count). The number of nitrogens with one attached hydrogen (secondary N) is 2. The van der Waals surface area contributed by atoms with Gasteiger partial charge in [-0.05, 0) is 110 Å². The van der Waals surface area contributed by atoms with Crippen molar-refractivity contribution in [3.63, 3.8) is 0 Å². The molecule has 0 unspecified atom stereocenters. The number of aliphatic hydroxyl groups excluding tert-OH is 4. The number of hydrogen-bond acceptors (Lipinski definition) is 16.